The molecule has 2 N–H and O–H groups in total. The number of benzene rings is 1. The van der Waals surface area contributed by atoms with Crippen molar-refractivity contribution in [2.24, 2.45) is 0 Å². The summed E-state index contributed by atoms with van der Waals surface area (Å²) in [6.45, 7) is 11.0. The molecule has 0 saturated carbocycles. The summed E-state index contributed by atoms with van der Waals surface area (Å²) < 4.78 is 10.7. The average Bonchev–Trinajstić information content (AvgIpc) is 2.44. The van der Waals surface area contributed by atoms with Gasteiger partial charge in [-0.15, -0.1) is 0 Å². The predicted molar refractivity (Wildman–Crippen MR) is 90.7 cm³/mol. The zero-order valence-electron chi connectivity index (χ0n) is 14.6. The third-order valence-corrected chi connectivity index (χ3v) is 3.55. The summed E-state index contributed by atoms with van der Waals surface area (Å²) in [7, 11) is 1.69. The fraction of sp³-hybridized carbons (Fsp3) is 0.667. The van der Waals surface area contributed by atoms with Gasteiger partial charge in [0.2, 0.25) is 0 Å². The minimum absolute atomic E-state index is 0.134. The van der Waals surface area contributed by atoms with Gasteiger partial charge >= 0.3 is 0 Å². The minimum atomic E-state index is -0.510. The van der Waals surface area contributed by atoms with E-state index in [2.05, 4.69) is 38.2 Å². The lowest BCUT2D eigenvalue weighted by atomic mass is 9.86. The number of nitrogens with one attached hydrogen (secondary N) is 1. The number of ether oxygens (including phenoxy) is 2. The summed E-state index contributed by atoms with van der Waals surface area (Å²) in [5, 5.41) is 13.1. The molecule has 1 aromatic carbocycles. The maximum Gasteiger partial charge on any atom is 0.122 e. The van der Waals surface area contributed by atoms with Crippen LogP contribution in [0, 0.1) is 6.92 Å². The topological polar surface area (TPSA) is 50.7 Å². The Morgan fingerprint density at radius 1 is 1.27 bits per heavy atom. The van der Waals surface area contributed by atoms with Gasteiger partial charge in [0.25, 0.3) is 0 Å². The van der Waals surface area contributed by atoms with Gasteiger partial charge in [0.1, 0.15) is 18.5 Å². The molecule has 0 amide bonds. The Kier molecular flexibility index (Phi) is 7.87. The minimum Gasteiger partial charge on any atom is -0.491 e. The van der Waals surface area contributed by atoms with Crippen LogP contribution in [0.25, 0.3) is 0 Å². The molecule has 0 aliphatic carbocycles. The summed E-state index contributed by atoms with van der Waals surface area (Å²) in [6, 6.07) is 6.25. The summed E-state index contributed by atoms with van der Waals surface area (Å²) in [4.78, 5) is 0. The van der Waals surface area contributed by atoms with Gasteiger partial charge in [0, 0.05) is 20.3 Å². The van der Waals surface area contributed by atoms with E-state index in [1.807, 2.05) is 13.0 Å². The van der Waals surface area contributed by atoms with E-state index >= 15 is 0 Å². The normalized spacial score (nSPS) is 13.2. The molecular weight excluding hydrogens is 278 g/mol. The van der Waals surface area contributed by atoms with Gasteiger partial charge in [-0.05, 0) is 42.5 Å². The molecule has 1 rings (SSSR count). The quantitative estimate of drug-likeness (QED) is 0.689. The third-order valence-electron chi connectivity index (χ3n) is 3.55. The molecule has 0 radical (unpaired) electrons. The first kappa shape index (κ1) is 18.9. The van der Waals surface area contributed by atoms with Crippen LogP contribution in [0.4, 0.5) is 0 Å². The summed E-state index contributed by atoms with van der Waals surface area (Å²) in [6.07, 6.45) is 0.432. The molecule has 0 aromatic heterocycles. The lowest BCUT2D eigenvalue weighted by molar-refractivity contribution is 0.105. The molecule has 0 aliphatic heterocycles. The first-order valence-electron chi connectivity index (χ1n) is 7.96. The molecular formula is C18H31NO3. The SMILES string of the molecule is COCCCNCC(O)COc1ccc(C(C)(C)C)cc1C. The zero-order valence-corrected chi connectivity index (χ0v) is 14.6. The molecule has 0 saturated heterocycles. The summed E-state index contributed by atoms with van der Waals surface area (Å²) in [5.74, 6) is 0.839. The lowest BCUT2D eigenvalue weighted by Crippen LogP contribution is -2.32. The van der Waals surface area contributed by atoms with Crippen LogP contribution in [0.3, 0.4) is 0 Å². The Labute approximate surface area is 134 Å². The highest BCUT2D eigenvalue weighted by Gasteiger charge is 2.15. The number of aliphatic hydroxyl groups is 1. The van der Waals surface area contributed by atoms with Crippen LogP contribution in [0.2, 0.25) is 0 Å². The van der Waals surface area contributed by atoms with E-state index in [0.29, 0.717) is 13.2 Å². The van der Waals surface area contributed by atoms with Gasteiger partial charge < -0.3 is 19.9 Å². The number of hydrogen-bond acceptors (Lipinski definition) is 4. The van der Waals surface area contributed by atoms with Crippen molar-refractivity contribution in [1.82, 2.24) is 5.32 Å². The van der Waals surface area contributed by atoms with E-state index in [4.69, 9.17) is 9.47 Å². The summed E-state index contributed by atoms with van der Waals surface area (Å²) in [5.41, 5.74) is 2.53. The zero-order chi connectivity index (χ0) is 16.6. The number of hydrogen-bond donors (Lipinski definition) is 2. The van der Waals surface area contributed by atoms with Crippen LogP contribution in [0.15, 0.2) is 18.2 Å². The molecule has 0 spiro atoms. The highest BCUT2D eigenvalue weighted by atomic mass is 16.5. The van der Waals surface area contributed by atoms with Crippen LogP contribution >= 0.6 is 0 Å². The van der Waals surface area contributed by atoms with Crippen molar-refractivity contribution in [3.63, 3.8) is 0 Å². The molecule has 0 heterocycles. The monoisotopic (exact) mass is 309 g/mol. The molecule has 1 aromatic rings. The second kappa shape index (κ2) is 9.13. The largest absolute Gasteiger partial charge is 0.491 e. The number of aryl methyl sites for hydroxylation is 1. The molecule has 4 heteroatoms. The molecule has 1 atom stereocenters. The molecule has 0 fully saturated rings. The maximum atomic E-state index is 9.92. The second-order valence-electron chi connectivity index (χ2n) is 6.75. The van der Waals surface area contributed by atoms with E-state index < -0.39 is 6.10 Å². The van der Waals surface area contributed by atoms with Crippen LogP contribution in [0.1, 0.15) is 38.3 Å². The van der Waals surface area contributed by atoms with Crippen molar-refractivity contribution < 1.29 is 14.6 Å². The van der Waals surface area contributed by atoms with Crippen LogP contribution in [-0.4, -0.2) is 44.6 Å². The third kappa shape index (κ3) is 6.77. The van der Waals surface area contributed by atoms with E-state index in [1.54, 1.807) is 7.11 Å². The first-order chi connectivity index (χ1) is 10.3. The Bertz CT molecular complexity index is 440. The van der Waals surface area contributed by atoms with Gasteiger partial charge in [-0.3, -0.25) is 0 Å². The molecule has 22 heavy (non-hydrogen) atoms. The van der Waals surface area contributed by atoms with Crippen molar-refractivity contribution in [3.05, 3.63) is 29.3 Å². The smallest absolute Gasteiger partial charge is 0.122 e. The van der Waals surface area contributed by atoms with Crippen molar-refractivity contribution in [3.8, 4) is 5.75 Å². The van der Waals surface area contributed by atoms with E-state index in [0.717, 1.165) is 30.9 Å². The van der Waals surface area contributed by atoms with Crippen LogP contribution < -0.4 is 10.1 Å². The van der Waals surface area contributed by atoms with Gasteiger partial charge in [0.05, 0.1) is 0 Å². The fourth-order valence-corrected chi connectivity index (χ4v) is 2.13. The molecule has 4 nitrogen and oxygen atoms in total. The van der Waals surface area contributed by atoms with Gasteiger partial charge in [-0.25, -0.2) is 0 Å². The first-order valence-corrected chi connectivity index (χ1v) is 7.96. The Morgan fingerprint density at radius 2 is 2.00 bits per heavy atom. The predicted octanol–water partition coefficient (Wildman–Crippen LogP) is 2.66. The van der Waals surface area contributed by atoms with Gasteiger partial charge in [-0.1, -0.05) is 32.9 Å². The fourth-order valence-electron chi connectivity index (χ4n) is 2.13. The highest BCUT2D eigenvalue weighted by Crippen LogP contribution is 2.27. The average molecular weight is 309 g/mol. The molecule has 126 valence electrons. The van der Waals surface area contributed by atoms with Crippen molar-refractivity contribution in [2.75, 3.05) is 33.4 Å². The molecule has 0 bridgehead atoms. The van der Waals surface area contributed by atoms with Crippen LogP contribution in [0.5, 0.6) is 5.75 Å². The van der Waals surface area contributed by atoms with E-state index in [9.17, 15) is 5.11 Å². The van der Waals surface area contributed by atoms with E-state index in [1.165, 1.54) is 5.56 Å². The lowest BCUT2D eigenvalue weighted by Gasteiger charge is -2.21. The van der Waals surface area contributed by atoms with Gasteiger partial charge in [-0.2, -0.15) is 0 Å². The molecule has 1 unspecified atom stereocenters. The van der Waals surface area contributed by atoms with E-state index in [-0.39, 0.29) is 5.41 Å². The Balaban J connectivity index is 2.38. The standard InChI is InChI=1S/C18H31NO3/c1-14-11-15(18(2,3)4)7-8-17(14)22-13-16(20)12-19-9-6-10-21-5/h7-8,11,16,19-20H,6,9-10,12-13H2,1-5H3. The number of methoxy groups -OCH3 is 1. The Morgan fingerprint density at radius 3 is 2.59 bits per heavy atom. The Hall–Kier alpha value is -1.10. The van der Waals surface area contributed by atoms with Crippen molar-refractivity contribution in [1.29, 1.82) is 0 Å². The highest BCUT2D eigenvalue weighted by molar-refractivity contribution is 5.38. The molecule has 0 aliphatic rings. The number of rotatable bonds is 9. The maximum absolute atomic E-state index is 9.92. The van der Waals surface area contributed by atoms with Crippen molar-refractivity contribution >= 4 is 0 Å². The summed E-state index contributed by atoms with van der Waals surface area (Å²) >= 11 is 0. The number of aliphatic hydroxyl groups excluding tert-OH is 1. The van der Waals surface area contributed by atoms with Crippen molar-refractivity contribution in [2.45, 2.75) is 45.6 Å². The van der Waals surface area contributed by atoms with Gasteiger partial charge in [0.15, 0.2) is 0 Å². The van der Waals surface area contributed by atoms with Crippen LogP contribution in [-0.2, 0) is 10.2 Å². The second-order valence-corrected chi connectivity index (χ2v) is 6.75.